The van der Waals surface area contributed by atoms with E-state index < -0.39 is 17.8 Å². The largest absolute Gasteiger partial charge is 0.476 e. The molecule has 0 spiro atoms. The van der Waals surface area contributed by atoms with E-state index >= 15 is 0 Å². The lowest BCUT2D eigenvalue weighted by Crippen LogP contribution is -2.57. The van der Waals surface area contributed by atoms with E-state index in [1.54, 1.807) is 61.2 Å². The molecule has 0 aliphatic carbocycles. The van der Waals surface area contributed by atoms with Crippen LogP contribution in [-0.2, 0) is 19.6 Å². The molecule has 0 bridgehead atoms. The Labute approximate surface area is 856 Å². The summed E-state index contributed by atoms with van der Waals surface area (Å²) in [5.74, 6) is 2.01. The maximum absolute atomic E-state index is 13.3. The van der Waals surface area contributed by atoms with Crippen LogP contribution in [0.1, 0.15) is 77.0 Å². The number of oxazole rings is 3. The molecule has 22 heterocycles. The molecule has 0 radical (unpaired) electrons. The van der Waals surface area contributed by atoms with Crippen LogP contribution in [-0.4, -0.2) is 300 Å². The van der Waals surface area contributed by atoms with Crippen molar-refractivity contribution in [3.63, 3.8) is 0 Å². The second-order valence-electron chi connectivity index (χ2n) is 36.1. The number of anilines is 7. The van der Waals surface area contributed by atoms with Crippen LogP contribution in [0.2, 0.25) is 5.15 Å². The summed E-state index contributed by atoms with van der Waals surface area (Å²) in [6.07, 6.45) is 19.7. The van der Waals surface area contributed by atoms with Crippen LogP contribution < -0.4 is 63.8 Å². The predicted molar refractivity (Wildman–Crippen MR) is 560 cm³/mol. The predicted octanol–water partition coefficient (Wildman–Crippen LogP) is 8.64. The molecule has 5 fully saturated rings. The van der Waals surface area contributed by atoms with Gasteiger partial charge in [0, 0.05) is 173 Å². The van der Waals surface area contributed by atoms with Gasteiger partial charge in [-0.3, -0.25) is 9.59 Å². The molecule has 17 aromatic heterocycles. The Morgan fingerprint density at radius 1 is 0.426 bits per heavy atom. The van der Waals surface area contributed by atoms with Crippen LogP contribution >= 0.6 is 11.6 Å². The Balaban J connectivity index is 0.000000132. The average Bonchev–Trinajstić information content (AvgIpc) is 1.49. The molecule has 5 saturated heterocycles. The Hall–Kier alpha value is -17.3. The van der Waals surface area contributed by atoms with Crippen molar-refractivity contribution in [2.45, 2.75) is 70.6 Å². The third-order valence-electron chi connectivity index (χ3n) is 25.2. The normalized spacial score (nSPS) is 13.9. The van der Waals surface area contributed by atoms with E-state index in [1.165, 1.54) is 50.5 Å². The molecule has 148 heavy (non-hydrogen) atoms. The van der Waals surface area contributed by atoms with Gasteiger partial charge in [-0.1, -0.05) is 41.9 Å². The second-order valence-corrected chi connectivity index (χ2v) is 36.5. The number of carboxylic acids is 1. The number of aryl methyl sites for hydroxylation is 3. The van der Waals surface area contributed by atoms with Crippen LogP contribution in [0.3, 0.4) is 0 Å². The topological polar surface area (TPSA) is 569 Å². The Bertz CT molecular complexity index is 7580. The fraction of sp³-hybridized carbons (Fsp3) is 0.294. The minimum absolute atomic E-state index is 0.00788. The first kappa shape index (κ1) is 104. The number of carbonyl (C=O) groups excluding carboxylic acids is 2. The van der Waals surface area contributed by atoms with Crippen LogP contribution in [0.5, 0.6) is 0 Å². The molecule has 5 aliphatic rings. The van der Waals surface area contributed by atoms with Crippen LogP contribution in [0.25, 0.3) is 85.5 Å². The number of likely N-dealkylation sites (N-methyl/N-ethyl adjacent to an activating group) is 5. The first-order valence-electron chi connectivity index (χ1n) is 47.3. The minimum atomic E-state index is -1.26. The van der Waals surface area contributed by atoms with Gasteiger partial charge in [-0.2, -0.15) is 10.5 Å². The monoisotopic (exact) mass is 2020 g/mol. The third-order valence-corrected chi connectivity index (χ3v) is 25.4. The number of rotatable bonds is 23. The van der Waals surface area contributed by atoms with E-state index in [1.807, 2.05) is 150 Å². The van der Waals surface area contributed by atoms with Gasteiger partial charge < -0.3 is 115 Å². The van der Waals surface area contributed by atoms with Crippen LogP contribution in [0.15, 0.2) is 215 Å². The summed E-state index contributed by atoms with van der Waals surface area (Å²) in [4.78, 5) is 130. The van der Waals surface area contributed by atoms with E-state index in [-0.39, 0.29) is 71.0 Å². The molecule has 45 nitrogen and oxygen atoms in total. The van der Waals surface area contributed by atoms with Gasteiger partial charge in [-0.15, -0.1) is 0 Å². The van der Waals surface area contributed by atoms with E-state index in [0.29, 0.717) is 92.4 Å². The minimum Gasteiger partial charge on any atom is -0.476 e. The molecule has 46 heteroatoms. The number of nitrogens with zero attached hydrogens (tertiary/aromatic N) is 30. The van der Waals surface area contributed by atoms with Gasteiger partial charge in [-0.05, 0) is 181 Å². The van der Waals surface area contributed by atoms with Gasteiger partial charge in [-0.25, -0.2) is 89.5 Å². The lowest BCUT2D eigenvalue weighted by atomic mass is 10.1. The number of nitrogens with one attached hydrogen (secondary N) is 4. The Kier molecular flexibility index (Phi) is 32.9. The number of halogens is 1. The molecule has 0 saturated carbocycles. The summed E-state index contributed by atoms with van der Waals surface area (Å²) in [5.41, 5.74) is 36.0. The lowest BCUT2D eigenvalue weighted by Gasteiger charge is -2.43. The maximum atomic E-state index is 13.3. The molecular weight excluding hydrogens is 1900 g/mol. The summed E-state index contributed by atoms with van der Waals surface area (Å²) in [7, 11) is 18.7. The van der Waals surface area contributed by atoms with E-state index in [0.717, 1.165) is 133 Å². The highest BCUT2D eigenvalue weighted by Crippen LogP contribution is 2.36. The number of carboxylic acid groups (broad SMARTS) is 1. The number of aromatic carboxylic acids is 1. The number of nitrogens with two attached hydrogens (primary N) is 4. The number of amides is 2. The van der Waals surface area contributed by atoms with E-state index in [9.17, 15) is 19.5 Å². The summed E-state index contributed by atoms with van der Waals surface area (Å²) in [6, 6.07) is 46.1. The molecule has 2 amide bonds. The standard InChI is InChI=1S/C27H28N10O2.C26H26N10O2.C16H12N6O3.C11H18N4.C11H14N4.C6H3ClN2.C5H12N2/c1-16-11-30-20-8-7-17(13-37(16)20)22-23(27-29-9-10-39-27)34-25(28)24(33-22)26(38)31-12-18-5-4-6-21(32-18)36-14-19(15-36)35(2)3;1-15-10-30-19-7-6-16(12-36(15)19)21-22(26-29-8-9-38-26)34-24(27)23(33-21)25(37)31-11-17-4-3-5-20(32-17)35-13-18(14-35)28-2;1-8-6-19-10-3-2-9(7-22(8)10)11-12(15-18-4-5-25-15)21-14(17)13(20-11)16(23)24;2*1-14(2)10-7-15(8-10)11-5-3-4-9(6-12)13-11;7-6-3-1-2-5(4-8)9-6;1-7(2)5-3-6-4-5/h4-11,13,19H,12,14-15H2,1-3H3,(H2,28,34)(H,31,38);3-10,12,18,28H,11,13-14H2,1-2H3,(H2,27,34)(H,31,37);2-7H,1H3,(H2,17,21)(H,23,24);3-5,10H,6-8,12H2,1-2H3;3-5,10H,7-8H2,1-2H3;1-3H;5-6H,3-4H2,1-2H3. The number of hydrogen-bond acceptors (Lipinski definition) is 39. The van der Waals surface area contributed by atoms with Crippen LogP contribution in [0.4, 0.5) is 40.7 Å². The number of hydrogen-bond donors (Lipinski definition) is 9. The van der Waals surface area contributed by atoms with E-state index in [4.69, 9.17) is 63.3 Å². The zero-order valence-corrected chi connectivity index (χ0v) is 84.4. The zero-order valence-electron chi connectivity index (χ0n) is 83.6. The highest BCUT2D eigenvalue weighted by atomic mass is 35.5. The fourth-order valence-corrected chi connectivity index (χ4v) is 16.1. The van der Waals surface area contributed by atoms with Gasteiger partial charge in [0.15, 0.2) is 51.6 Å². The van der Waals surface area contributed by atoms with Crippen molar-refractivity contribution in [1.82, 2.24) is 139 Å². The molecule has 17 aromatic rings. The number of imidazole rings is 3. The summed E-state index contributed by atoms with van der Waals surface area (Å²) >= 11 is 5.46. The molecular formula is C102H113ClN38O7. The quantitative estimate of drug-likeness (QED) is 0.0270. The van der Waals surface area contributed by atoms with E-state index in [2.05, 4.69) is 203 Å². The Morgan fingerprint density at radius 2 is 0.764 bits per heavy atom. The zero-order chi connectivity index (χ0) is 105. The number of nitriles is 2. The van der Waals surface area contributed by atoms with Gasteiger partial charge in [0.25, 0.3) is 11.8 Å². The number of aromatic nitrogens is 20. The average molecular weight is 2020 g/mol. The highest BCUT2D eigenvalue weighted by Gasteiger charge is 2.34. The summed E-state index contributed by atoms with van der Waals surface area (Å²) < 4.78 is 22.0. The van der Waals surface area contributed by atoms with Gasteiger partial charge in [0.1, 0.15) is 105 Å². The molecule has 13 N–H and O–H groups in total. The molecule has 0 atom stereocenters. The SMILES string of the molecule is CN(C)C1CN(c2cccc(C#N)n2)C1.CN(C)C1CN(c2cccc(CN)n2)C1.CN(C)C1CNC1.CNC1CN(c2cccc(CNC(=O)c3nc(-c4ccc5ncc(C)n5c4)c(-c4ncco4)nc3N)n2)C1.Cc1cnc2ccc(-c3nc(C(=O)NCc4cccc(N5CC(N(C)C)C5)n4)c(N)nc3-c3ncco3)cn12.Cc1cnc2ccc(-c3nc(C(=O)O)c(N)nc3-c3ncco3)cn12.N#Cc1cccc(Cl)n1. The van der Waals surface area contributed by atoms with Gasteiger partial charge >= 0.3 is 5.97 Å². The third kappa shape index (κ3) is 24.7. The summed E-state index contributed by atoms with van der Waals surface area (Å²) in [6.45, 7) is 16.9. The maximum Gasteiger partial charge on any atom is 0.358 e. The lowest BCUT2D eigenvalue weighted by molar-refractivity contribution is 0.0690. The number of carbonyl (C=O) groups is 3. The van der Waals surface area contributed by atoms with Crippen molar-refractivity contribution in [3.8, 4) is 80.7 Å². The van der Waals surface area contributed by atoms with Gasteiger partial charge in [0.2, 0.25) is 17.7 Å². The van der Waals surface area contributed by atoms with Crippen molar-refractivity contribution >= 4 is 87.1 Å². The number of nitrogen functional groups attached to an aromatic ring is 3. The van der Waals surface area contributed by atoms with Crippen molar-refractivity contribution in [2.75, 3.05) is 166 Å². The molecule has 0 aromatic carbocycles. The summed E-state index contributed by atoms with van der Waals surface area (Å²) in [5, 5.41) is 38.9. The number of pyridine rings is 8. The first-order valence-corrected chi connectivity index (χ1v) is 47.7. The molecule has 5 aliphatic heterocycles. The number of fused-ring (bicyclic) bond motifs is 3. The first-order chi connectivity index (χ1) is 71.4. The highest BCUT2D eigenvalue weighted by molar-refractivity contribution is 6.29. The molecule has 22 rings (SSSR count). The second kappa shape index (κ2) is 47.0. The van der Waals surface area contributed by atoms with Crippen molar-refractivity contribution in [3.05, 3.63) is 270 Å². The van der Waals surface area contributed by atoms with Crippen molar-refractivity contribution in [2.24, 2.45) is 5.73 Å². The van der Waals surface area contributed by atoms with Crippen LogP contribution in [0, 0.1) is 43.4 Å². The van der Waals surface area contributed by atoms with Crippen molar-refractivity contribution < 1.29 is 32.7 Å². The van der Waals surface area contributed by atoms with Gasteiger partial charge in [0.05, 0.1) is 48.8 Å². The fourth-order valence-electron chi connectivity index (χ4n) is 15.9. The smallest absolute Gasteiger partial charge is 0.358 e. The molecule has 0 unspecified atom stereocenters. The Morgan fingerprint density at radius 3 is 1.08 bits per heavy atom. The van der Waals surface area contributed by atoms with Crippen molar-refractivity contribution in [1.29, 1.82) is 10.5 Å². The molecule has 760 valence electrons.